The first kappa shape index (κ1) is 18.9. The number of hydrogen-bond donors (Lipinski definition) is 1. The fraction of sp³-hybridized carbons (Fsp3) is 0.111. The summed E-state index contributed by atoms with van der Waals surface area (Å²) in [5, 5.41) is 3.35. The molecule has 0 aliphatic heterocycles. The van der Waals surface area contributed by atoms with Crippen molar-refractivity contribution in [3.8, 4) is 0 Å². The lowest BCUT2D eigenvalue weighted by Crippen LogP contribution is -2.35. The van der Waals surface area contributed by atoms with Gasteiger partial charge < -0.3 is 5.32 Å². The molecular weight excluding hydrogens is 376 g/mol. The number of halogens is 2. The molecule has 0 unspecified atom stereocenters. The van der Waals surface area contributed by atoms with E-state index in [1.807, 2.05) is 0 Å². The van der Waals surface area contributed by atoms with Gasteiger partial charge in [-0.05, 0) is 24.3 Å². The minimum atomic E-state index is -3.98. The Morgan fingerprint density at radius 3 is 2.70 bits per heavy atom. The van der Waals surface area contributed by atoms with Crippen molar-refractivity contribution in [3.63, 3.8) is 0 Å². The van der Waals surface area contributed by atoms with Crippen molar-refractivity contribution in [1.82, 2.24) is 9.29 Å². The average Bonchev–Trinajstić information content (AvgIpc) is 2.63. The zero-order valence-electron chi connectivity index (χ0n) is 14.2. The summed E-state index contributed by atoms with van der Waals surface area (Å²) in [4.78, 5) is 16.1. The van der Waals surface area contributed by atoms with Gasteiger partial charge in [0.2, 0.25) is 15.9 Å². The van der Waals surface area contributed by atoms with Crippen molar-refractivity contribution in [1.29, 1.82) is 0 Å². The number of pyridine rings is 1. The molecule has 0 spiro atoms. The Morgan fingerprint density at radius 2 is 1.96 bits per heavy atom. The topological polar surface area (TPSA) is 79.4 Å². The number of sulfonamides is 1. The van der Waals surface area contributed by atoms with E-state index in [1.54, 1.807) is 24.4 Å². The third-order valence-corrected chi connectivity index (χ3v) is 5.76. The van der Waals surface area contributed by atoms with E-state index in [1.165, 1.54) is 19.3 Å². The Balaban J connectivity index is 1.82. The van der Waals surface area contributed by atoms with Gasteiger partial charge in [0.25, 0.3) is 0 Å². The van der Waals surface area contributed by atoms with Gasteiger partial charge in [-0.2, -0.15) is 4.31 Å². The zero-order valence-corrected chi connectivity index (χ0v) is 15.0. The molecule has 6 nitrogen and oxygen atoms in total. The van der Waals surface area contributed by atoms with E-state index in [0.717, 1.165) is 16.4 Å². The molecule has 1 aromatic heterocycles. The number of benzene rings is 2. The molecule has 9 heteroatoms. The molecule has 0 radical (unpaired) electrons. The lowest BCUT2D eigenvalue weighted by molar-refractivity contribution is -0.116. The summed E-state index contributed by atoms with van der Waals surface area (Å²) >= 11 is 0. The first-order chi connectivity index (χ1) is 12.8. The summed E-state index contributed by atoms with van der Waals surface area (Å²) in [6.45, 7) is -0.541. The highest BCUT2D eigenvalue weighted by Gasteiger charge is 2.25. The minimum absolute atomic E-state index is 0.0330. The molecule has 140 valence electrons. The van der Waals surface area contributed by atoms with Crippen molar-refractivity contribution in [2.24, 2.45) is 0 Å². The number of nitrogens with one attached hydrogen (secondary N) is 1. The van der Waals surface area contributed by atoms with Crippen LogP contribution in [0.15, 0.2) is 59.8 Å². The average molecular weight is 391 g/mol. The van der Waals surface area contributed by atoms with Crippen molar-refractivity contribution >= 4 is 32.4 Å². The summed E-state index contributed by atoms with van der Waals surface area (Å²) in [6.07, 6.45) is 3.02. The fourth-order valence-electron chi connectivity index (χ4n) is 2.55. The number of aromatic nitrogens is 1. The Bertz CT molecular complexity index is 1110. The molecule has 0 fully saturated rings. The maximum atomic E-state index is 13.6. The maximum absolute atomic E-state index is 13.6. The van der Waals surface area contributed by atoms with Gasteiger partial charge in [0, 0.05) is 36.3 Å². The van der Waals surface area contributed by atoms with Crippen molar-refractivity contribution in [3.05, 3.63) is 66.5 Å². The van der Waals surface area contributed by atoms with Crippen LogP contribution >= 0.6 is 0 Å². The van der Waals surface area contributed by atoms with Crippen LogP contribution in [0.4, 0.5) is 14.5 Å². The van der Waals surface area contributed by atoms with Crippen molar-refractivity contribution in [2.45, 2.75) is 4.90 Å². The second-order valence-electron chi connectivity index (χ2n) is 5.79. The minimum Gasteiger partial charge on any atom is -0.322 e. The zero-order chi connectivity index (χ0) is 19.6. The molecule has 0 bridgehead atoms. The van der Waals surface area contributed by atoms with Crippen LogP contribution < -0.4 is 5.32 Å². The first-order valence-corrected chi connectivity index (χ1v) is 9.27. The van der Waals surface area contributed by atoms with Crippen LogP contribution in [-0.4, -0.2) is 37.2 Å². The second-order valence-corrected chi connectivity index (χ2v) is 7.80. The molecule has 3 rings (SSSR count). The SMILES string of the molecule is CN(CC(=O)Nc1ccc(F)cc1F)S(=O)(=O)c1cccc2cnccc12. The number of carbonyl (C=O) groups is 1. The highest BCUT2D eigenvalue weighted by molar-refractivity contribution is 7.89. The highest BCUT2D eigenvalue weighted by atomic mass is 32.2. The lowest BCUT2D eigenvalue weighted by Gasteiger charge is -2.18. The molecule has 3 aromatic rings. The van der Waals surface area contributed by atoms with Crippen LogP contribution in [0.25, 0.3) is 10.8 Å². The van der Waals surface area contributed by atoms with E-state index in [-0.39, 0.29) is 10.6 Å². The molecule has 0 saturated heterocycles. The molecular formula is C18H15F2N3O3S. The van der Waals surface area contributed by atoms with Gasteiger partial charge >= 0.3 is 0 Å². The van der Waals surface area contributed by atoms with E-state index in [9.17, 15) is 22.0 Å². The van der Waals surface area contributed by atoms with Gasteiger partial charge in [-0.1, -0.05) is 12.1 Å². The van der Waals surface area contributed by atoms with Crippen LogP contribution in [0.2, 0.25) is 0 Å². The number of hydrogen-bond acceptors (Lipinski definition) is 4. The molecule has 1 amide bonds. The van der Waals surface area contributed by atoms with Crippen molar-refractivity contribution in [2.75, 3.05) is 18.9 Å². The molecule has 0 aliphatic carbocycles. The third kappa shape index (κ3) is 3.93. The number of likely N-dealkylation sites (N-methyl/N-ethyl adjacent to an activating group) is 1. The molecule has 0 atom stereocenters. The first-order valence-electron chi connectivity index (χ1n) is 7.83. The monoisotopic (exact) mass is 391 g/mol. The highest BCUT2D eigenvalue weighted by Crippen LogP contribution is 2.24. The molecule has 0 saturated carbocycles. The molecule has 2 aromatic carbocycles. The Morgan fingerprint density at radius 1 is 1.19 bits per heavy atom. The fourth-order valence-corrected chi connectivity index (χ4v) is 3.89. The van der Waals surface area contributed by atoms with E-state index in [0.29, 0.717) is 16.8 Å². The largest absolute Gasteiger partial charge is 0.322 e. The van der Waals surface area contributed by atoms with Crippen LogP contribution in [0.1, 0.15) is 0 Å². The van der Waals surface area contributed by atoms with Crippen LogP contribution in [0.5, 0.6) is 0 Å². The summed E-state index contributed by atoms with van der Waals surface area (Å²) in [7, 11) is -2.73. The van der Waals surface area contributed by atoms with E-state index < -0.39 is 34.1 Å². The molecule has 1 heterocycles. The summed E-state index contributed by atoms with van der Waals surface area (Å²) < 4.78 is 53.1. The predicted octanol–water partition coefficient (Wildman–Crippen LogP) is 2.77. The number of rotatable bonds is 5. The van der Waals surface area contributed by atoms with Gasteiger partial charge in [0.05, 0.1) is 17.1 Å². The lowest BCUT2D eigenvalue weighted by atomic mass is 10.2. The Labute approximate surface area is 154 Å². The number of amides is 1. The summed E-state index contributed by atoms with van der Waals surface area (Å²) in [5.74, 6) is -2.49. The third-order valence-electron chi connectivity index (χ3n) is 3.90. The second kappa shape index (κ2) is 7.37. The van der Waals surface area contributed by atoms with E-state index >= 15 is 0 Å². The molecule has 1 N–H and O–H groups in total. The van der Waals surface area contributed by atoms with E-state index in [4.69, 9.17) is 0 Å². The summed E-state index contributed by atoms with van der Waals surface area (Å²) in [6, 6.07) is 9.00. The van der Waals surface area contributed by atoms with Crippen LogP contribution in [0, 0.1) is 11.6 Å². The van der Waals surface area contributed by atoms with Gasteiger partial charge in [0.1, 0.15) is 11.6 Å². The van der Waals surface area contributed by atoms with Gasteiger partial charge in [-0.15, -0.1) is 0 Å². The van der Waals surface area contributed by atoms with Crippen molar-refractivity contribution < 1.29 is 22.0 Å². The van der Waals surface area contributed by atoms with Gasteiger partial charge in [0.15, 0.2) is 0 Å². The van der Waals surface area contributed by atoms with Gasteiger partial charge in [-0.25, -0.2) is 17.2 Å². The molecule has 0 aliphatic rings. The number of carbonyl (C=O) groups excluding carboxylic acids is 1. The standard InChI is InChI=1S/C18H15F2N3O3S/c1-23(11-18(24)22-16-6-5-13(19)9-15(16)20)27(25,26)17-4-2-3-12-10-21-8-7-14(12)17/h2-10H,11H2,1H3,(H,22,24). The van der Waals surface area contributed by atoms with Crippen LogP contribution in [0.3, 0.4) is 0 Å². The predicted molar refractivity (Wildman–Crippen MR) is 96.5 cm³/mol. The quantitative estimate of drug-likeness (QED) is 0.725. The smallest absolute Gasteiger partial charge is 0.243 e. The Kier molecular flexibility index (Phi) is 5.15. The number of nitrogens with zero attached hydrogens (tertiary/aromatic N) is 2. The maximum Gasteiger partial charge on any atom is 0.243 e. The van der Waals surface area contributed by atoms with E-state index in [2.05, 4.69) is 10.3 Å². The van der Waals surface area contributed by atoms with Gasteiger partial charge in [-0.3, -0.25) is 9.78 Å². The van der Waals surface area contributed by atoms with Crippen LogP contribution in [-0.2, 0) is 14.8 Å². The normalized spacial score (nSPS) is 11.7. The summed E-state index contributed by atoms with van der Waals surface area (Å²) in [5.41, 5.74) is -0.233. The molecule has 27 heavy (non-hydrogen) atoms. The number of fused-ring (bicyclic) bond motifs is 1. The number of anilines is 1. The Hall–Kier alpha value is -2.91.